The van der Waals surface area contributed by atoms with Crippen molar-refractivity contribution >= 4 is 38.8 Å². The summed E-state index contributed by atoms with van der Waals surface area (Å²) < 4.78 is 0. The predicted octanol–water partition coefficient (Wildman–Crippen LogP) is 3.05. The zero-order valence-corrected chi connectivity index (χ0v) is 12.3. The van der Waals surface area contributed by atoms with Gasteiger partial charge in [-0.05, 0) is 18.4 Å². The Hall–Kier alpha value is -2.47. The molecule has 0 saturated carbocycles. The first kappa shape index (κ1) is 13.5. The minimum atomic E-state index is -0.140. The van der Waals surface area contributed by atoms with Crippen molar-refractivity contribution in [3.63, 3.8) is 0 Å². The van der Waals surface area contributed by atoms with Gasteiger partial charge in [-0.15, -0.1) is 10.2 Å². The molecule has 0 fully saturated rings. The molecule has 0 atom stereocenters. The van der Waals surface area contributed by atoms with E-state index in [-0.39, 0.29) is 12.5 Å². The molecule has 0 aliphatic carbocycles. The van der Waals surface area contributed by atoms with E-state index in [0.717, 1.165) is 21.5 Å². The van der Waals surface area contributed by atoms with E-state index in [4.69, 9.17) is 0 Å². The highest BCUT2D eigenvalue weighted by atomic mass is 32.1. The fourth-order valence-corrected chi connectivity index (χ4v) is 2.67. The van der Waals surface area contributed by atoms with Gasteiger partial charge in [-0.25, -0.2) is 0 Å². The van der Waals surface area contributed by atoms with Crippen molar-refractivity contribution < 1.29 is 4.79 Å². The average Bonchev–Trinajstić information content (AvgIpc) is 2.90. The molecule has 6 heteroatoms. The first-order valence-corrected chi connectivity index (χ1v) is 7.35. The second-order valence-corrected chi connectivity index (χ2v) is 5.74. The molecule has 0 saturated heterocycles. The molecule has 1 aromatic heterocycles. The Balaban J connectivity index is 1.67. The van der Waals surface area contributed by atoms with Gasteiger partial charge < -0.3 is 5.32 Å². The van der Waals surface area contributed by atoms with Crippen LogP contribution in [0.3, 0.4) is 0 Å². The summed E-state index contributed by atoms with van der Waals surface area (Å²) in [6, 6.07) is 14.0. The number of nitrogens with one attached hydrogen (secondary N) is 2. The fraction of sp³-hybridized carbons (Fsp3) is 0.133. The van der Waals surface area contributed by atoms with Gasteiger partial charge in [0.25, 0.3) is 0 Å². The Morgan fingerprint density at radius 1 is 1.14 bits per heavy atom. The van der Waals surface area contributed by atoms with Crippen molar-refractivity contribution in [3.8, 4) is 0 Å². The van der Waals surface area contributed by atoms with Crippen molar-refractivity contribution in [1.82, 2.24) is 10.2 Å². The number of amides is 1. The minimum absolute atomic E-state index is 0.140. The average molecular weight is 298 g/mol. The summed E-state index contributed by atoms with van der Waals surface area (Å²) in [6.07, 6.45) is 0. The van der Waals surface area contributed by atoms with Gasteiger partial charge in [-0.1, -0.05) is 47.7 Å². The first-order chi connectivity index (χ1) is 10.2. The van der Waals surface area contributed by atoms with E-state index in [9.17, 15) is 4.79 Å². The lowest BCUT2D eigenvalue weighted by atomic mass is 10.1. The molecule has 0 unspecified atom stereocenters. The smallest absolute Gasteiger partial charge is 0.245 e. The van der Waals surface area contributed by atoms with Crippen LogP contribution in [0.25, 0.3) is 10.8 Å². The van der Waals surface area contributed by atoms with Crippen LogP contribution in [0.5, 0.6) is 0 Å². The van der Waals surface area contributed by atoms with Gasteiger partial charge in [0.2, 0.25) is 11.0 Å². The van der Waals surface area contributed by atoms with Gasteiger partial charge in [0, 0.05) is 11.1 Å². The van der Waals surface area contributed by atoms with Crippen LogP contribution in [0, 0.1) is 6.92 Å². The molecule has 3 aromatic rings. The highest BCUT2D eigenvalue weighted by Gasteiger charge is 2.07. The molecule has 106 valence electrons. The van der Waals surface area contributed by atoms with E-state index >= 15 is 0 Å². The topological polar surface area (TPSA) is 66.9 Å². The molecule has 0 spiro atoms. The summed E-state index contributed by atoms with van der Waals surface area (Å²) in [7, 11) is 0. The largest absolute Gasteiger partial charge is 0.376 e. The third-order valence-electron chi connectivity index (χ3n) is 3.00. The third-order valence-corrected chi connectivity index (χ3v) is 3.76. The molecular weight excluding hydrogens is 284 g/mol. The summed E-state index contributed by atoms with van der Waals surface area (Å²) in [5.74, 6) is -0.140. The van der Waals surface area contributed by atoms with E-state index in [1.165, 1.54) is 11.3 Å². The maximum Gasteiger partial charge on any atom is 0.245 e. The summed E-state index contributed by atoms with van der Waals surface area (Å²) >= 11 is 1.36. The Labute approximate surface area is 126 Å². The van der Waals surface area contributed by atoms with Crippen molar-refractivity contribution in [1.29, 1.82) is 0 Å². The van der Waals surface area contributed by atoms with Crippen molar-refractivity contribution in [2.75, 3.05) is 17.2 Å². The summed E-state index contributed by atoms with van der Waals surface area (Å²) in [5, 5.41) is 17.2. The second kappa shape index (κ2) is 5.88. The van der Waals surface area contributed by atoms with Gasteiger partial charge in [0.1, 0.15) is 5.01 Å². The van der Waals surface area contributed by atoms with Gasteiger partial charge in [0.05, 0.1) is 6.54 Å². The molecule has 0 radical (unpaired) electrons. The number of nitrogens with zero attached hydrogens (tertiary/aromatic N) is 2. The lowest BCUT2D eigenvalue weighted by Gasteiger charge is -2.09. The van der Waals surface area contributed by atoms with E-state index in [2.05, 4.69) is 20.8 Å². The quantitative estimate of drug-likeness (QED) is 0.777. The number of benzene rings is 2. The normalized spacial score (nSPS) is 10.5. The molecule has 21 heavy (non-hydrogen) atoms. The number of hydrogen-bond donors (Lipinski definition) is 2. The summed E-state index contributed by atoms with van der Waals surface area (Å²) in [4.78, 5) is 11.9. The van der Waals surface area contributed by atoms with Gasteiger partial charge in [-0.3, -0.25) is 10.1 Å². The summed E-state index contributed by atoms with van der Waals surface area (Å²) in [6.45, 7) is 2.04. The fourth-order valence-electron chi connectivity index (χ4n) is 2.07. The lowest BCUT2D eigenvalue weighted by molar-refractivity contribution is -0.114. The number of carbonyl (C=O) groups is 1. The number of hydrogen-bond acceptors (Lipinski definition) is 5. The van der Waals surface area contributed by atoms with Crippen LogP contribution in [0.2, 0.25) is 0 Å². The number of rotatable bonds is 4. The molecule has 1 heterocycles. The SMILES string of the molecule is Cc1nnc(NC(=O)CNc2cccc3ccccc23)s1. The molecule has 2 aromatic carbocycles. The van der Waals surface area contributed by atoms with Crippen LogP contribution in [-0.2, 0) is 4.79 Å². The maximum atomic E-state index is 11.9. The van der Waals surface area contributed by atoms with Crippen LogP contribution >= 0.6 is 11.3 Å². The molecule has 0 aliphatic heterocycles. The Kier molecular flexibility index (Phi) is 3.79. The monoisotopic (exact) mass is 298 g/mol. The van der Waals surface area contributed by atoms with Gasteiger partial charge >= 0.3 is 0 Å². The molecule has 3 rings (SSSR count). The lowest BCUT2D eigenvalue weighted by Crippen LogP contribution is -2.21. The van der Waals surface area contributed by atoms with Crippen LogP contribution in [0.15, 0.2) is 42.5 Å². The molecule has 5 nitrogen and oxygen atoms in total. The zero-order chi connectivity index (χ0) is 14.7. The van der Waals surface area contributed by atoms with E-state index in [0.29, 0.717) is 5.13 Å². The van der Waals surface area contributed by atoms with Crippen molar-refractivity contribution in [3.05, 3.63) is 47.5 Å². The van der Waals surface area contributed by atoms with Crippen molar-refractivity contribution in [2.45, 2.75) is 6.92 Å². The Morgan fingerprint density at radius 3 is 2.76 bits per heavy atom. The number of anilines is 2. The minimum Gasteiger partial charge on any atom is -0.376 e. The van der Waals surface area contributed by atoms with Gasteiger partial charge in [-0.2, -0.15) is 0 Å². The number of fused-ring (bicyclic) bond motifs is 1. The molecule has 0 bridgehead atoms. The highest BCUT2D eigenvalue weighted by Crippen LogP contribution is 2.22. The second-order valence-electron chi connectivity index (χ2n) is 4.55. The Bertz CT molecular complexity index is 779. The standard InChI is InChI=1S/C15H14N4OS/c1-10-18-19-15(21-10)17-14(20)9-16-13-8-4-6-11-5-2-3-7-12(11)13/h2-8,16H,9H2,1H3,(H,17,19,20). The maximum absolute atomic E-state index is 11.9. The number of aromatic nitrogens is 2. The van der Waals surface area contributed by atoms with E-state index < -0.39 is 0 Å². The van der Waals surface area contributed by atoms with Gasteiger partial charge in [0.15, 0.2) is 0 Å². The van der Waals surface area contributed by atoms with Crippen molar-refractivity contribution in [2.24, 2.45) is 0 Å². The highest BCUT2D eigenvalue weighted by molar-refractivity contribution is 7.15. The third kappa shape index (κ3) is 3.17. The Morgan fingerprint density at radius 2 is 1.95 bits per heavy atom. The molecule has 0 aliphatic rings. The number of carbonyl (C=O) groups excluding carboxylic acids is 1. The summed E-state index contributed by atoms with van der Waals surface area (Å²) in [5.41, 5.74) is 0.941. The van der Waals surface area contributed by atoms with E-state index in [1.54, 1.807) is 0 Å². The molecule has 2 N–H and O–H groups in total. The van der Waals surface area contributed by atoms with Crippen LogP contribution in [-0.4, -0.2) is 22.6 Å². The van der Waals surface area contributed by atoms with E-state index in [1.807, 2.05) is 49.4 Å². The van der Waals surface area contributed by atoms with Crippen LogP contribution < -0.4 is 10.6 Å². The molecule has 1 amide bonds. The van der Waals surface area contributed by atoms with Crippen LogP contribution in [0.1, 0.15) is 5.01 Å². The predicted molar refractivity (Wildman–Crippen MR) is 85.7 cm³/mol. The molecular formula is C15H14N4OS. The van der Waals surface area contributed by atoms with Crippen LogP contribution in [0.4, 0.5) is 10.8 Å². The first-order valence-electron chi connectivity index (χ1n) is 6.54. The zero-order valence-electron chi connectivity index (χ0n) is 11.5. The number of aryl methyl sites for hydroxylation is 1.